The Labute approximate surface area is 117 Å². The normalized spacial score (nSPS) is 18.2. The van der Waals surface area contributed by atoms with E-state index in [0.29, 0.717) is 11.4 Å². The Morgan fingerprint density at radius 1 is 1.29 bits per heavy atom. The number of hydrogen-bond acceptors (Lipinski definition) is 3. The van der Waals surface area contributed by atoms with E-state index in [1.165, 1.54) is 4.90 Å². The molecule has 3 nitrogen and oxygen atoms in total. The van der Waals surface area contributed by atoms with Gasteiger partial charge in [-0.05, 0) is 65.0 Å². The molecule has 5 heteroatoms. The average Bonchev–Trinajstić information content (AvgIpc) is 2.57. The van der Waals surface area contributed by atoms with Gasteiger partial charge in [-0.25, -0.2) is 0 Å². The fourth-order valence-corrected chi connectivity index (χ4v) is 2.75. The van der Waals surface area contributed by atoms with Crippen LogP contribution in [0.3, 0.4) is 0 Å². The van der Waals surface area contributed by atoms with E-state index in [2.05, 4.69) is 22.6 Å². The fourth-order valence-electron chi connectivity index (χ4n) is 1.48. The molecule has 1 heterocycles. The summed E-state index contributed by atoms with van der Waals surface area (Å²) in [5.41, 5.74) is 0.937. The number of hydrogen-bond donors (Lipinski definition) is 0. The van der Waals surface area contributed by atoms with Crippen LogP contribution in [0.15, 0.2) is 29.2 Å². The smallest absolute Gasteiger partial charge is 0.269 e. The first-order valence-corrected chi connectivity index (χ1v) is 7.02. The molecule has 1 fully saturated rings. The molecule has 1 aliphatic rings. The number of thioether (sulfide) groups is 1. The van der Waals surface area contributed by atoms with Crippen molar-refractivity contribution in [3.05, 3.63) is 38.3 Å². The maximum absolute atomic E-state index is 11.8. The van der Waals surface area contributed by atoms with E-state index in [1.54, 1.807) is 13.0 Å². The van der Waals surface area contributed by atoms with Gasteiger partial charge >= 0.3 is 0 Å². The van der Waals surface area contributed by atoms with Crippen LogP contribution < -0.4 is 0 Å². The zero-order chi connectivity index (χ0) is 12.4. The van der Waals surface area contributed by atoms with Crippen LogP contribution in [0.4, 0.5) is 4.79 Å². The van der Waals surface area contributed by atoms with Crippen molar-refractivity contribution in [2.75, 3.05) is 6.54 Å². The first-order chi connectivity index (χ1) is 8.11. The summed E-state index contributed by atoms with van der Waals surface area (Å²) in [6, 6.07) is 7.80. The van der Waals surface area contributed by atoms with Crippen LogP contribution >= 0.6 is 34.4 Å². The summed E-state index contributed by atoms with van der Waals surface area (Å²) in [6.07, 6.45) is 1.76. The molecular weight excluding hydrogens is 349 g/mol. The Hall–Kier alpha value is -0.820. The lowest BCUT2D eigenvalue weighted by atomic mass is 10.2. The summed E-state index contributed by atoms with van der Waals surface area (Å²) in [4.78, 5) is 25.1. The van der Waals surface area contributed by atoms with Gasteiger partial charge in [-0.3, -0.25) is 14.5 Å². The van der Waals surface area contributed by atoms with Gasteiger partial charge in [-0.2, -0.15) is 0 Å². The standard InChI is InChI=1S/C12H10INO2S/c1-2-14-11(15)10(17-12(14)16)7-8-3-5-9(13)6-4-8/h3-7H,2H2,1H3/b10-7-. The molecule has 0 radical (unpaired) electrons. The minimum atomic E-state index is -0.193. The highest BCUT2D eigenvalue weighted by Crippen LogP contribution is 2.31. The summed E-state index contributed by atoms with van der Waals surface area (Å²) >= 11 is 3.22. The van der Waals surface area contributed by atoms with Crippen molar-refractivity contribution >= 4 is 51.6 Å². The van der Waals surface area contributed by atoms with Gasteiger partial charge < -0.3 is 0 Å². The molecule has 0 unspecified atom stereocenters. The molecule has 0 atom stereocenters. The van der Waals surface area contributed by atoms with Gasteiger partial charge in [-0.1, -0.05) is 12.1 Å². The molecule has 1 aliphatic heterocycles. The van der Waals surface area contributed by atoms with Crippen molar-refractivity contribution in [2.24, 2.45) is 0 Å². The molecule has 1 aromatic rings. The third-order valence-corrected chi connectivity index (χ3v) is 3.98. The second-order valence-corrected chi connectivity index (χ2v) is 5.72. The first-order valence-electron chi connectivity index (χ1n) is 5.12. The van der Waals surface area contributed by atoms with Crippen molar-refractivity contribution in [3.63, 3.8) is 0 Å². The van der Waals surface area contributed by atoms with E-state index in [-0.39, 0.29) is 11.1 Å². The molecule has 1 aromatic carbocycles. The van der Waals surface area contributed by atoms with Crippen molar-refractivity contribution in [3.8, 4) is 0 Å². The number of likely N-dealkylation sites (N-methyl/N-ethyl adjacent to an activating group) is 1. The van der Waals surface area contributed by atoms with Gasteiger partial charge in [0.1, 0.15) is 0 Å². The summed E-state index contributed by atoms with van der Waals surface area (Å²) in [5.74, 6) is -0.193. The SMILES string of the molecule is CCN1C(=O)S/C(=C\c2ccc(I)cc2)C1=O. The summed E-state index contributed by atoms with van der Waals surface area (Å²) in [5, 5.41) is -0.186. The van der Waals surface area contributed by atoms with Crippen molar-refractivity contribution in [1.29, 1.82) is 0 Å². The Morgan fingerprint density at radius 3 is 2.47 bits per heavy atom. The summed E-state index contributed by atoms with van der Waals surface area (Å²) < 4.78 is 1.14. The number of rotatable bonds is 2. The van der Waals surface area contributed by atoms with E-state index in [1.807, 2.05) is 24.3 Å². The highest BCUT2D eigenvalue weighted by atomic mass is 127. The van der Waals surface area contributed by atoms with Gasteiger partial charge in [0.2, 0.25) is 0 Å². The van der Waals surface area contributed by atoms with Gasteiger partial charge in [0.25, 0.3) is 11.1 Å². The molecule has 0 bridgehead atoms. The van der Waals surface area contributed by atoms with Gasteiger partial charge in [0.15, 0.2) is 0 Å². The molecule has 2 rings (SSSR count). The van der Waals surface area contributed by atoms with Crippen LogP contribution in [0.1, 0.15) is 12.5 Å². The number of carbonyl (C=O) groups is 2. The van der Waals surface area contributed by atoms with Gasteiger partial charge in [0.05, 0.1) is 4.91 Å². The predicted molar refractivity (Wildman–Crippen MR) is 77.5 cm³/mol. The van der Waals surface area contributed by atoms with Crippen molar-refractivity contribution in [1.82, 2.24) is 4.90 Å². The van der Waals surface area contributed by atoms with Crippen LogP contribution in [-0.4, -0.2) is 22.6 Å². The lowest BCUT2D eigenvalue weighted by molar-refractivity contribution is -0.122. The first kappa shape index (κ1) is 12.6. The highest BCUT2D eigenvalue weighted by Gasteiger charge is 2.33. The molecule has 0 N–H and O–H groups in total. The molecule has 17 heavy (non-hydrogen) atoms. The van der Waals surface area contributed by atoms with Crippen molar-refractivity contribution in [2.45, 2.75) is 6.92 Å². The van der Waals surface area contributed by atoms with Crippen LogP contribution in [0.25, 0.3) is 6.08 Å². The zero-order valence-electron chi connectivity index (χ0n) is 9.14. The highest BCUT2D eigenvalue weighted by molar-refractivity contribution is 14.1. The Kier molecular flexibility index (Phi) is 3.88. The Bertz CT molecular complexity index is 496. The number of carbonyl (C=O) groups excluding carboxylic acids is 2. The molecule has 88 valence electrons. The van der Waals surface area contributed by atoms with Crippen LogP contribution in [0.2, 0.25) is 0 Å². The molecule has 0 saturated carbocycles. The quantitative estimate of drug-likeness (QED) is 0.600. The lowest BCUT2D eigenvalue weighted by Crippen LogP contribution is -2.27. The second kappa shape index (κ2) is 5.22. The van der Waals surface area contributed by atoms with Crippen LogP contribution in [-0.2, 0) is 4.79 Å². The van der Waals surface area contributed by atoms with Crippen molar-refractivity contribution < 1.29 is 9.59 Å². The molecule has 0 spiro atoms. The topological polar surface area (TPSA) is 37.4 Å². The zero-order valence-corrected chi connectivity index (χ0v) is 12.1. The Balaban J connectivity index is 2.27. The summed E-state index contributed by atoms with van der Waals surface area (Å²) in [7, 11) is 0. The molecule has 1 saturated heterocycles. The van der Waals surface area contributed by atoms with Crippen LogP contribution in [0.5, 0.6) is 0 Å². The second-order valence-electron chi connectivity index (χ2n) is 3.48. The lowest BCUT2D eigenvalue weighted by Gasteiger charge is -2.06. The molecule has 0 aliphatic carbocycles. The van der Waals surface area contributed by atoms with Gasteiger partial charge in [0, 0.05) is 10.1 Å². The van der Waals surface area contributed by atoms with E-state index < -0.39 is 0 Å². The van der Waals surface area contributed by atoms with E-state index >= 15 is 0 Å². The number of benzene rings is 1. The van der Waals surface area contributed by atoms with E-state index in [0.717, 1.165) is 20.9 Å². The number of amides is 2. The third kappa shape index (κ3) is 2.71. The minimum absolute atomic E-state index is 0.186. The summed E-state index contributed by atoms with van der Waals surface area (Å²) in [6.45, 7) is 2.22. The molecular formula is C12H10INO2S. The third-order valence-electron chi connectivity index (χ3n) is 2.36. The maximum Gasteiger partial charge on any atom is 0.293 e. The number of halogens is 1. The van der Waals surface area contributed by atoms with E-state index in [4.69, 9.17) is 0 Å². The van der Waals surface area contributed by atoms with E-state index in [9.17, 15) is 9.59 Å². The van der Waals surface area contributed by atoms with Crippen LogP contribution in [0, 0.1) is 3.57 Å². The Morgan fingerprint density at radius 2 is 1.94 bits per heavy atom. The molecule has 0 aromatic heterocycles. The monoisotopic (exact) mass is 359 g/mol. The fraction of sp³-hybridized carbons (Fsp3) is 0.167. The molecule has 2 amide bonds. The minimum Gasteiger partial charge on any atom is -0.269 e. The number of imide groups is 1. The predicted octanol–water partition coefficient (Wildman–Crippen LogP) is 3.35. The maximum atomic E-state index is 11.8. The number of nitrogens with zero attached hydrogens (tertiary/aromatic N) is 1. The largest absolute Gasteiger partial charge is 0.293 e. The van der Waals surface area contributed by atoms with Gasteiger partial charge in [-0.15, -0.1) is 0 Å². The average molecular weight is 359 g/mol.